The van der Waals surface area contributed by atoms with Crippen molar-refractivity contribution in [3.8, 4) is 0 Å². The highest BCUT2D eigenvalue weighted by Crippen LogP contribution is 2.10. The summed E-state index contributed by atoms with van der Waals surface area (Å²) in [7, 11) is 0. The smallest absolute Gasteiger partial charge is 0.161 e. The second-order valence-corrected chi connectivity index (χ2v) is 3.55. The minimum Gasteiger partial charge on any atom is -0.384 e. The molecule has 4 nitrogen and oxygen atoms in total. The summed E-state index contributed by atoms with van der Waals surface area (Å²) in [6, 6.07) is 5.58. The molecule has 0 saturated carbocycles. The fraction of sp³-hybridized carbons (Fsp3) is 0.250. The number of hydrogen-bond acceptors (Lipinski definition) is 4. The van der Waals surface area contributed by atoms with E-state index in [4.69, 9.17) is 5.73 Å². The van der Waals surface area contributed by atoms with E-state index in [0.717, 1.165) is 17.2 Å². The molecule has 0 aromatic carbocycles. The van der Waals surface area contributed by atoms with Crippen LogP contribution >= 0.6 is 11.8 Å². The van der Waals surface area contributed by atoms with Crippen molar-refractivity contribution in [1.29, 1.82) is 0 Å². The Kier molecular flexibility index (Phi) is 2.10. The predicted molar refractivity (Wildman–Crippen MR) is 54.6 cm³/mol. The molecule has 0 fully saturated rings. The molecule has 0 saturated heterocycles. The highest BCUT2D eigenvalue weighted by molar-refractivity contribution is 7.97. The largest absolute Gasteiger partial charge is 0.384 e. The molecule has 2 heterocycles. The Balaban J connectivity index is 2.55. The summed E-state index contributed by atoms with van der Waals surface area (Å²) >= 11 is 1.70. The molecule has 0 atom stereocenters. The van der Waals surface area contributed by atoms with Crippen LogP contribution in [0.15, 0.2) is 18.2 Å². The number of hydrogen-bond donors (Lipinski definition) is 1. The van der Waals surface area contributed by atoms with Crippen molar-refractivity contribution in [3.05, 3.63) is 24.0 Å². The maximum atomic E-state index is 5.72. The Labute approximate surface area is 80.2 Å². The molecule has 0 aliphatic rings. The molecule has 2 aromatic heterocycles. The van der Waals surface area contributed by atoms with Crippen LogP contribution in [0, 0.1) is 0 Å². The first-order chi connectivity index (χ1) is 6.31. The molecule has 5 heteroatoms. The lowest BCUT2D eigenvalue weighted by molar-refractivity contribution is 0.935. The first-order valence-corrected chi connectivity index (χ1v) is 5.30. The van der Waals surface area contributed by atoms with E-state index in [2.05, 4.69) is 10.1 Å². The Morgan fingerprint density at radius 3 is 3.08 bits per heavy atom. The molecule has 0 radical (unpaired) electrons. The van der Waals surface area contributed by atoms with Gasteiger partial charge in [0.15, 0.2) is 11.5 Å². The van der Waals surface area contributed by atoms with E-state index in [1.165, 1.54) is 0 Å². The summed E-state index contributed by atoms with van der Waals surface area (Å²) in [6.45, 7) is 0. The zero-order chi connectivity index (χ0) is 9.26. The third-order valence-electron chi connectivity index (χ3n) is 1.71. The molecular weight excluding hydrogens is 184 g/mol. The lowest BCUT2D eigenvalue weighted by atomic mass is 10.4. The lowest BCUT2D eigenvalue weighted by Gasteiger charge is -1.93. The molecule has 0 amide bonds. The summed E-state index contributed by atoms with van der Waals surface area (Å²) in [5, 5.41) is 4.26. The highest BCUT2D eigenvalue weighted by atomic mass is 32.2. The summed E-state index contributed by atoms with van der Waals surface area (Å²) in [5.74, 6) is 2.27. The van der Waals surface area contributed by atoms with Crippen LogP contribution in [0.1, 0.15) is 5.82 Å². The average molecular weight is 194 g/mol. The number of rotatable bonds is 2. The maximum Gasteiger partial charge on any atom is 0.161 e. The van der Waals surface area contributed by atoms with Gasteiger partial charge in [0.2, 0.25) is 0 Å². The van der Waals surface area contributed by atoms with Crippen molar-refractivity contribution in [2.75, 3.05) is 12.0 Å². The number of nitrogens with two attached hydrogens (primary N) is 1. The number of thioether (sulfide) groups is 1. The van der Waals surface area contributed by atoms with Gasteiger partial charge in [-0.3, -0.25) is 0 Å². The average Bonchev–Trinajstić information content (AvgIpc) is 2.49. The van der Waals surface area contributed by atoms with Crippen LogP contribution in [0.3, 0.4) is 0 Å². The minimum absolute atomic E-state index is 0.623. The molecule has 68 valence electrons. The zero-order valence-corrected chi connectivity index (χ0v) is 8.08. The van der Waals surface area contributed by atoms with Gasteiger partial charge >= 0.3 is 0 Å². The number of aromatic nitrogens is 3. The van der Waals surface area contributed by atoms with Crippen LogP contribution in [-0.4, -0.2) is 20.9 Å². The first-order valence-electron chi connectivity index (χ1n) is 3.90. The second-order valence-electron chi connectivity index (χ2n) is 2.68. The van der Waals surface area contributed by atoms with Gasteiger partial charge in [-0.2, -0.15) is 16.3 Å². The van der Waals surface area contributed by atoms with Gasteiger partial charge in [0, 0.05) is 0 Å². The van der Waals surface area contributed by atoms with E-state index < -0.39 is 0 Å². The van der Waals surface area contributed by atoms with Crippen molar-refractivity contribution >= 4 is 23.2 Å². The third-order valence-corrected chi connectivity index (χ3v) is 2.25. The second kappa shape index (κ2) is 3.26. The van der Waals surface area contributed by atoms with Crippen LogP contribution in [0.5, 0.6) is 0 Å². The predicted octanol–water partition coefficient (Wildman–Crippen LogP) is 1.17. The number of nitrogens with zero attached hydrogens (tertiary/aromatic N) is 3. The van der Waals surface area contributed by atoms with E-state index in [1.54, 1.807) is 16.3 Å². The summed E-state index contributed by atoms with van der Waals surface area (Å²) < 4.78 is 1.66. The lowest BCUT2D eigenvalue weighted by Crippen LogP contribution is -1.97. The minimum atomic E-state index is 0.623. The Morgan fingerprint density at radius 1 is 1.54 bits per heavy atom. The molecule has 2 rings (SSSR count). The Bertz CT molecular complexity index is 423. The Hall–Kier alpha value is -1.23. The van der Waals surface area contributed by atoms with E-state index in [1.807, 2.05) is 24.5 Å². The van der Waals surface area contributed by atoms with Crippen molar-refractivity contribution in [2.24, 2.45) is 0 Å². The van der Waals surface area contributed by atoms with Gasteiger partial charge < -0.3 is 5.73 Å². The zero-order valence-electron chi connectivity index (χ0n) is 7.27. The monoisotopic (exact) mass is 194 g/mol. The number of nitrogen functional groups attached to an aromatic ring is 1. The fourth-order valence-electron chi connectivity index (χ4n) is 1.16. The summed E-state index contributed by atoms with van der Waals surface area (Å²) in [4.78, 5) is 4.31. The fourth-order valence-corrected chi connectivity index (χ4v) is 1.54. The van der Waals surface area contributed by atoms with Crippen LogP contribution in [0.25, 0.3) is 5.65 Å². The van der Waals surface area contributed by atoms with Gasteiger partial charge in [-0.1, -0.05) is 6.07 Å². The van der Waals surface area contributed by atoms with Gasteiger partial charge in [0.1, 0.15) is 5.82 Å². The van der Waals surface area contributed by atoms with E-state index >= 15 is 0 Å². The summed E-state index contributed by atoms with van der Waals surface area (Å²) in [5.41, 5.74) is 6.53. The van der Waals surface area contributed by atoms with Crippen LogP contribution in [0.4, 0.5) is 5.82 Å². The third kappa shape index (κ3) is 1.47. The van der Waals surface area contributed by atoms with E-state index in [9.17, 15) is 0 Å². The number of anilines is 1. The van der Waals surface area contributed by atoms with Crippen molar-refractivity contribution in [1.82, 2.24) is 14.6 Å². The van der Waals surface area contributed by atoms with E-state index in [-0.39, 0.29) is 0 Å². The molecule has 0 unspecified atom stereocenters. The quantitative estimate of drug-likeness (QED) is 0.779. The maximum absolute atomic E-state index is 5.72. The van der Waals surface area contributed by atoms with E-state index in [0.29, 0.717) is 5.82 Å². The molecule has 13 heavy (non-hydrogen) atoms. The van der Waals surface area contributed by atoms with Crippen molar-refractivity contribution in [2.45, 2.75) is 5.75 Å². The summed E-state index contributed by atoms with van der Waals surface area (Å²) in [6.07, 6.45) is 2.02. The standard InChI is InChI=1S/C8H10N4S/c1-13-5-7-10-8-4-2-3-6(9)12(8)11-7/h2-4H,5,9H2,1H3. The van der Waals surface area contributed by atoms with Gasteiger partial charge in [-0.15, -0.1) is 5.10 Å². The van der Waals surface area contributed by atoms with Gasteiger partial charge in [-0.05, 0) is 18.4 Å². The number of fused-ring (bicyclic) bond motifs is 1. The van der Waals surface area contributed by atoms with Crippen molar-refractivity contribution < 1.29 is 0 Å². The normalized spacial score (nSPS) is 10.8. The molecule has 0 aliphatic heterocycles. The van der Waals surface area contributed by atoms with Gasteiger partial charge in [0.25, 0.3) is 0 Å². The van der Waals surface area contributed by atoms with Crippen LogP contribution in [0.2, 0.25) is 0 Å². The molecule has 0 spiro atoms. The van der Waals surface area contributed by atoms with Crippen LogP contribution in [-0.2, 0) is 5.75 Å². The highest BCUT2D eigenvalue weighted by Gasteiger charge is 2.03. The Morgan fingerprint density at radius 2 is 2.38 bits per heavy atom. The first kappa shape index (κ1) is 8.37. The van der Waals surface area contributed by atoms with Gasteiger partial charge in [0.05, 0.1) is 5.75 Å². The van der Waals surface area contributed by atoms with Gasteiger partial charge in [-0.25, -0.2) is 4.98 Å². The number of pyridine rings is 1. The topological polar surface area (TPSA) is 56.2 Å². The molecule has 2 N–H and O–H groups in total. The van der Waals surface area contributed by atoms with Crippen LogP contribution < -0.4 is 5.73 Å². The van der Waals surface area contributed by atoms with Crippen molar-refractivity contribution in [3.63, 3.8) is 0 Å². The molecule has 0 aliphatic carbocycles. The molecular formula is C8H10N4S. The molecule has 0 bridgehead atoms. The SMILES string of the molecule is CSCc1nc2cccc(N)n2n1. The molecule has 2 aromatic rings.